The molecule has 0 saturated heterocycles. The van der Waals surface area contributed by atoms with E-state index in [9.17, 15) is 4.39 Å². The van der Waals surface area contributed by atoms with Crippen molar-refractivity contribution in [1.82, 2.24) is 0 Å². The van der Waals surface area contributed by atoms with Crippen LogP contribution in [-0.2, 0) is 0 Å². The molecule has 0 radical (unpaired) electrons. The SMILES string of the molecule is CC(C)(C#N)CCCCNc1ccc(F)cc1. The zero-order valence-electron chi connectivity index (χ0n) is 10.5. The van der Waals surface area contributed by atoms with E-state index in [-0.39, 0.29) is 11.2 Å². The van der Waals surface area contributed by atoms with Gasteiger partial charge in [0.05, 0.1) is 11.5 Å². The summed E-state index contributed by atoms with van der Waals surface area (Å²) in [4.78, 5) is 0. The Bertz CT molecular complexity index is 376. The molecule has 0 aliphatic heterocycles. The molecule has 1 N–H and O–H groups in total. The summed E-state index contributed by atoms with van der Waals surface area (Å²) in [6.07, 6.45) is 2.95. The number of hydrogen-bond acceptors (Lipinski definition) is 2. The third-order valence-corrected chi connectivity index (χ3v) is 2.70. The number of rotatable bonds is 6. The first-order valence-electron chi connectivity index (χ1n) is 5.94. The van der Waals surface area contributed by atoms with Gasteiger partial charge in [0.1, 0.15) is 5.82 Å². The van der Waals surface area contributed by atoms with Crippen LogP contribution in [0.3, 0.4) is 0 Å². The topological polar surface area (TPSA) is 35.8 Å². The Balaban J connectivity index is 2.17. The molecule has 17 heavy (non-hydrogen) atoms. The highest BCUT2D eigenvalue weighted by molar-refractivity contribution is 5.42. The van der Waals surface area contributed by atoms with E-state index in [4.69, 9.17) is 5.26 Å². The Hall–Kier alpha value is -1.56. The van der Waals surface area contributed by atoms with Crippen LogP contribution in [0.25, 0.3) is 0 Å². The molecule has 3 heteroatoms. The zero-order valence-corrected chi connectivity index (χ0v) is 10.5. The van der Waals surface area contributed by atoms with Crippen LogP contribution < -0.4 is 5.32 Å². The van der Waals surface area contributed by atoms with Gasteiger partial charge in [-0.25, -0.2) is 4.39 Å². The molecule has 0 bridgehead atoms. The number of nitrogens with zero attached hydrogens (tertiary/aromatic N) is 1. The standard InChI is InChI=1S/C14H19FN2/c1-14(2,11-16)9-3-4-10-17-13-7-5-12(15)6-8-13/h5-8,17H,3-4,9-10H2,1-2H3. The van der Waals surface area contributed by atoms with Gasteiger partial charge in [0, 0.05) is 12.2 Å². The van der Waals surface area contributed by atoms with Crippen LogP contribution in [0.2, 0.25) is 0 Å². The van der Waals surface area contributed by atoms with Crippen molar-refractivity contribution in [2.24, 2.45) is 5.41 Å². The molecule has 2 nitrogen and oxygen atoms in total. The first-order chi connectivity index (χ1) is 8.03. The molecule has 0 aliphatic rings. The molecule has 0 spiro atoms. The molecule has 0 fully saturated rings. The lowest BCUT2D eigenvalue weighted by Crippen LogP contribution is -2.09. The molecule has 0 amide bonds. The highest BCUT2D eigenvalue weighted by atomic mass is 19.1. The first-order valence-corrected chi connectivity index (χ1v) is 5.94. The Labute approximate surface area is 102 Å². The van der Waals surface area contributed by atoms with Crippen LogP contribution >= 0.6 is 0 Å². The minimum Gasteiger partial charge on any atom is -0.385 e. The van der Waals surface area contributed by atoms with E-state index < -0.39 is 0 Å². The van der Waals surface area contributed by atoms with Crippen LogP contribution in [-0.4, -0.2) is 6.54 Å². The van der Waals surface area contributed by atoms with Gasteiger partial charge in [0.15, 0.2) is 0 Å². The molecule has 1 rings (SSSR count). The average Bonchev–Trinajstić information content (AvgIpc) is 2.31. The number of nitriles is 1. The van der Waals surface area contributed by atoms with E-state index in [1.54, 1.807) is 12.1 Å². The smallest absolute Gasteiger partial charge is 0.123 e. The van der Waals surface area contributed by atoms with Gasteiger partial charge in [-0.15, -0.1) is 0 Å². The molecule has 0 aromatic heterocycles. The van der Waals surface area contributed by atoms with Crippen LogP contribution in [0.1, 0.15) is 33.1 Å². The fraction of sp³-hybridized carbons (Fsp3) is 0.500. The summed E-state index contributed by atoms with van der Waals surface area (Å²) >= 11 is 0. The van der Waals surface area contributed by atoms with Crippen LogP contribution in [0, 0.1) is 22.6 Å². The molecule has 92 valence electrons. The molecule has 1 aromatic rings. The van der Waals surface area contributed by atoms with Crippen molar-refractivity contribution < 1.29 is 4.39 Å². The van der Waals surface area contributed by atoms with Gasteiger partial charge in [0.2, 0.25) is 0 Å². The van der Waals surface area contributed by atoms with Gasteiger partial charge in [-0.1, -0.05) is 6.42 Å². The molecule has 0 saturated carbocycles. The maximum atomic E-state index is 12.6. The van der Waals surface area contributed by atoms with Crippen LogP contribution in [0.5, 0.6) is 0 Å². The molecule has 0 aliphatic carbocycles. The third-order valence-electron chi connectivity index (χ3n) is 2.70. The van der Waals surface area contributed by atoms with Gasteiger partial charge in [-0.05, 0) is 51.0 Å². The number of anilines is 1. The van der Waals surface area contributed by atoms with Gasteiger partial charge < -0.3 is 5.32 Å². The Morgan fingerprint density at radius 2 is 1.88 bits per heavy atom. The normalized spacial score (nSPS) is 10.9. The highest BCUT2D eigenvalue weighted by Gasteiger charge is 2.15. The molecule has 0 heterocycles. The van der Waals surface area contributed by atoms with E-state index >= 15 is 0 Å². The predicted molar refractivity (Wildman–Crippen MR) is 68.1 cm³/mol. The van der Waals surface area contributed by atoms with Crippen molar-refractivity contribution in [3.05, 3.63) is 30.1 Å². The lowest BCUT2D eigenvalue weighted by atomic mass is 9.89. The second kappa shape index (κ2) is 6.24. The number of halogens is 1. The minimum atomic E-state index is -0.226. The molecule has 0 atom stereocenters. The first kappa shape index (κ1) is 13.5. The number of nitrogens with one attached hydrogen (secondary N) is 1. The third kappa shape index (κ3) is 5.35. The number of benzene rings is 1. The monoisotopic (exact) mass is 234 g/mol. The Morgan fingerprint density at radius 1 is 1.24 bits per heavy atom. The summed E-state index contributed by atoms with van der Waals surface area (Å²) in [5.41, 5.74) is 0.710. The van der Waals surface area contributed by atoms with Crippen molar-refractivity contribution in [1.29, 1.82) is 5.26 Å². The minimum absolute atomic E-state index is 0.216. The second-order valence-corrected chi connectivity index (χ2v) is 4.89. The summed E-state index contributed by atoms with van der Waals surface area (Å²) in [6, 6.07) is 8.65. The lowest BCUT2D eigenvalue weighted by molar-refractivity contribution is 0.430. The maximum absolute atomic E-state index is 12.6. The van der Waals surface area contributed by atoms with E-state index in [0.29, 0.717) is 0 Å². The van der Waals surface area contributed by atoms with Gasteiger partial charge >= 0.3 is 0 Å². The predicted octanol–water partition coefficient (Wildman–Crippen LogP) is 3.96. The highest BCUT2D eigenvalue weighted by Crippen LogP contribution is 2.21. The number of unbranched alkanes of at least 4 members (excludes halogenated alkanes) is 1. The quantitative estimate of drug-likeness (QED) is 0.756. The lowest BCUT2D eigenvalue weighted by Gasteiger charge is -2.14. The number of hydrogen-bond donors (Lipinski definition) is 1. The van der Waals surface area contributed by atoms with Crippen molar-refractivity contribution in [2.45, 2.75) is 33.1 Å². The summed E-state index contributed by atoms with van der Waals surface area (Å²) < 4.78 is 12.6. The van der Waals surface area contributed by atoms with Gasteiger partial charge in [0.25, 0.3) is 0 Å². The fourth-order valence-electron chi connectivity index (χ4n) is 1.55. The zero-order chi connectivity index (χ0) is 12.7. The van der Waals surface area contributed by atoms with Crippen molar-refractivity contribution in [3.63, 3.8) is 0 Å². The van der Waals surface area contributed by atoms with E-state index in [1.807, 2.05) is 13.8 Å². The van der Waals surface area contributed by atoms with Crippen molar-refractivity contribution in [2.75, 3.05) is 11.9 Å². The van der Waals surface area contributed by atoms with Gasteiger partial charge in [-0.2, -0.15) is 5.26 Å². The fourth-order valence-corrected chi connectivity index (χ4v) is 1.55. The van der Waals surface area contributed by atoms with E-state index in [2.05, 4.69) is 11.4 Å². The van der Waals surface area contributed by atoms with Gasteiger partial charge in [-0.3, -0.25) is 0 Å². The summed E-state index contributed by atoms with van der Waals surface area (Å²) in [5.74, 6) is -0.216. The Kier molecular flexibility index (Phi) is 4.96. The molecular formula is C14H19FN2. The second-order valence-electron chi connectivity index (χ2n) is 4.89. The van der Waals surface area contributed by atoms with Crippen molar-refractivity contribution >= 4 is 5.69 Å². The summed E-state index contributed by atoms with van der Waals surface area (Å²) in [6.45, 7) is 4.77. The summed E-state index contributed by atoms with van der Waals surface area (Å²) in [7, 11) is 0. The molecular weight excluding hydrogens is 215 g/mol. The van der Waals surface area contributed by atoms with E-state index in [0.717, 1.165) is 31.5 Å². The van der Waals surface area contributed by atoms with Crippen LogP contribution in [0.4, 0.5) is 10.1 Å². The molecule has 1 aromatic carbocycles. The average molecular weight is 234 g/mol. The largest absolute Gasteiger partial charge is 0.385 e. The van der Waals surface area contributed by atoms with Crippen LogP contribution in [0.15, 0.2) is 24.3 Å². The summed E-state index contributed by atoms with van der Waals surface area (Å²) in [5, 5.41) is 12.1. The van der Waals surface area contributed by atoms with Crippen molar-refractivity contribution in [3.8, 4) is 6.07 Å². The Morgan fingerprint density at radius 3 is 2.47 bits per heavy atom. The van der Waals surface area contributed by atoms with E-state index in [1.165, 1.54) is 12.1 Å². The maximum Gasteiger partial charge on any atom is 0.123 e. The molecule has 0 unspecified atom stereocenters.